The summed E-state index contributed by atoms with van der Waals surface area (Å²) in [6, 6.07) is 0. The van der Waals surface area contributed by atoms with Gasteiger partial charge in [0.05, 0.1) is 32.0 Å². The van der Waals surface area contributed by atoms with Crippen molar-refractivity contribution in [2.45, 2.75) is 79.9 Å². The van der Waals surface area contributed by atoms with Gasteiger partial charge < -0.3 is 14.6 Å². The first-order valence-electron chi connectivity index (χ1n) is 14.1. The molecule has 1 N–H and O–H groups in total. The van der Waals surface area contributed by atoms with Crippen molar-refractivity contribution in [1.82, 2.24) is 14.7 Å². The van der Waals surface area contributed by atoms with E-state index in [9.17, 15) is 5.11 Å². The molecule has 0 amide bonds. The van der Waals surface area contributed by atoms with Crippen LogP contribution < -0.4 is 0 Å². The van der Waals surface area contributed by atoms with E-state index in [-0.39, 0.29) is 6.10 Å². The topological polar surface area (TPSA) is 48.4 Å². The molecule has 0 aromatic heterocycles. The molecule has 1 saturated carbocycles. The van der Waals surface area contributed by atoms with E-state index < -0.39 is 0 Å². The van der Waals surface area contributed by atoms with E-state index in [1.807, 2.05) is 27.7 Å². The molecule has 6 heteroatoms. The van der Waals surface area contributed by atoms with Crippen molar-refractivity contribution in [2.24, 2.45) is 17.8 Å². The van der Waals surface area contributed by atoms with Gasteiger partial charge in [-0.15, -0.1) is 0 Å². The average molecular weight is 472 g/mol. The molecule has 2 heterocycles. The maximum absolute atomic E-state index is 10.6. The Hall–Kier alpha value is -0.240. The van der Waals surface area contributed by atoms with E-state index in [1.54, 1.807) is 0 Å². The predicted octanol–water partition coefficient (Wildman–Crippen LogP) is 3.83. The molecule has 4 unspecified atom stereocenters. The van der Waals surface area contributed by atoms with Crippen molar-refractivity contribution in [3.63, 3.8) is 0 Å². The number of rotatable bonds is 9. The zero-order valence-electron chi connectivity index (χ0n) is 23.1. The van der Waals surface area contributed by atoms with E-state index in [0.29, 0.717) is 24.5 Å². The third-order valence-electron chi connectivity index (χ3n) is 7.23. The first-order chi connectivity index (χ1) is 16.0. The summed E-state index contributed by atoms with van der Waals surface area (Å²) in [5.74, 6) is 2.06. The van der Waals surface area contributed by atoms with Gasteiger partial charge in [-0.25, -0.2) is 0 Å². The standard InChI is InChI=1S/C23H45N3O3.2C2H6/c1-19(2)22-5-4-20(3)16-23(22)29-18-21(27)17-26-10-8-24(9-11-26)6-7-25-12-14-28-15-13-25;2*1-2/h19-23,27H,4-18H2,1-3H3;2*1-2H3. The van der Waals surface area contributed by atoms with Crippen LogP contribution in [0.15, 0.2) is 0 Å². The minimum absolute atomic E-state index is 0.324. The van der Waals surface area contributed by atoms with Gasteiger partial charge in [-0.2, -0.15) is 0 Å². The molecule has 2 aliphatic heterocycles. The number of aliphatic hydroxyl groups is 1. The minimum atomic E-state index is -0.375. The molecule has 0 aromatic rings. The predicted molar refractivity (Wildman–Crippen MR) is 140 cm³/mol. The number of aliphatic hydroxyl groups excluding tert-OH is 1. The molecule has 3 aliphatic rings. The van der Waals surface area contributed by atoms with Crippen LogP contribution in [0, 0.1) is 17.8 Å². The Morgan fingerprint density at radius 1 is 0.848 bits per heavy atom. The smallest absolute Gasteiger partial charge is 0.0900 e. The number of hydrogen-bond donors (Lipinski definition) is 1. The second-order valence-electron chi connectivity index (χ2n) is 9.95. The molecular formula is C27H57N3O3. The molecule has 3 rings (SSSR count). The van der Waals surface area contributed by atoms with Gasteiger partial charge in [0, 0.05) is 58.9 Å². The second-order valence-corrected chi connectivity index (χ2v) is 9.95. The molecule has 0 aromatic carbocycles. The van der Waals surface area contributed by atoms with Gasteiger partial charge in [-0.1, -0.05) is 54.9 Å². The number of hydrogen-bond acceptors (Lipinski definition) is 6. The first-order valence-corrected chi connectivity index (χ1v) is 14.1. The molecule has 3 fully saturated rings. The number of β-amino-alcohol motifs (C(OH)–C–C–N with tert-alkyl or cyclic N) is 1. The fraction of sp³-hybridized carbons (Fsp3) is 1.00. The normalized spacial score (nSPS) is 28.5. The highest BCUT2D eigenvalue weighted by Gasteiger charge is 2.32. The van der Waals surface area contributed by atoms with E-state index in [2.05, 4.69) is 35.5 Å². The molecule has 1 aliphatic carbocycles. The monoisotopic (exact) mass is 471 g/mol. The van der Waals surface area contributed by atoms with Gasteiger partial charge in [-0.3, -0.25) is 14.7 Å². The lowest BCUT2D eigenvalue weighted by molar-refractivity contribution is -0.0755. The maximum atomic E-state index is 10.6. The molecular weight excluding hydrogens is 414 g/mol. The highest BCUT2D eigenvalue weighted by molar-refractivity contribution is 4.82. The Kier molecular flexibility index (Phi) is 16.9. The Balaban J connectivity index is 0.00000129. The summed E-state index contributed by atoms with van der Waals surface area (Å²) < 4.78 is 11.7. The number of nitrogens with zero attached hydrogens (tertiary/aromatic N) is 3. The molecule has 198 valence electrons. The summed E-state index contributed by atoms with van der Waals surface area (Å²) >= 11 is 0. The van der Waals surface area contributed by atoms with Crippen LogP contribution in [0.3, 0.4) is 0 Å². The van der Waals surface area contributed by atoms with Gasteiger partial charge in [0.25, 0.3) is 0 Å². The molecule has 0 spiro atoms. The van der Waals surface area contributed by atoms with Crippen molar-refractivity contribution < 1.29 is 14.6 Å². The van der Waals surface area contributed by atoms with Crippen molar-refractivity contribution in [3.05, 3.63) is 0 Å². The van der Waals surface area contributed by atoms with Crippen molar-refractivity contribution in [3.8, 4) is 0 Å². The fourth-order valence-corrected chi connectivity index (χ4v) is 5.19. The molecule has 0 radical (unpaired) electrons. The van der Waals surface area contributed by atoms with Crippen LogP contribution in [-0.4, -0.2) is 111 Å². The van der Waals surface area contributed by atoms with Crippen molar-refractivity contribution in [2.75, 3.05) is 78.7 Å². The van der Waals surface area contributed by atoms with Crippen molar-refractivity contribution >= 4 is 0 Å². The fourth-order valence-electron chi connectivity index (χ4n) is 5.19. The van der Waals surface area contributed by atoms with Gasteiger partial charge in [0.2, 0.25) is 0 Å². The summed E-state index contributed by atoms with van der Waals surface area (Å²) in [4.78, 5) is 7.47. The lowest BCUT2D eigenvalue weighted by atomic mass is 9.75. The zero-order chi connectivity index (χ0) is 24.6. The first kappa shape index (κ1) is 30.8. The third-order valence-corrected chi connectivity index (χ3v) is 7.23. The minimum Gasteiger partial charge on any atom is -0.389 e. The molecule has 6 nitrogen and oxygen atoms in total. The van der Waals surface area contributed by atoms with Crippen LogP contribution >= 0.6 is 0 Å². The van der Waals surface area contributed by atoms with Gasteiger partial charge in [-0.05, 0) is 30.6 Å². The SMILES string of the molecule is CC.CC.CC1CCC(C(C)C)C(OCC(O)CN2CCN(CCN3CCOCC3)CC2)C1. The zero-order valence-corrected chi connectivity index (χ0v) is 23.1. The summed E-state index contributed by atoms with van der Waals surface area (Å²) in [5, 5.41) is 10.6. The molecule has 4 atom stereocenters. The quantitative estimate of drug-likeness (QED) is 0.552. The Morgan fingerprint density at radius 2 is 1.39 bits per heavy atom. The number of piperazine rings is 1. The summed E-state index contributed by atoms with van der Waals surface area (Å²) in [6.07, 6.45) is 3.69. The second kappa shape index (κ2) is 18.1. The summed E-state index contributed by atoms with van der Waals surface area (Å²) in [5.41, 5.74) is 0. The van der Waals surface area contributed by atoms with Gasteiger partial charge in [0.15, 0.2) is 0 Å². The summed E-state index contributed by atoms with van der Waals surface area (Å²) in [7, 11) is 0. The van der Waals surface area contributed by atoms with Crippen LogP contribution in [0.1, 0.15) is 67.7 Å². The van der Waals surface area contributed by atoms with Crippen LogP contribution in [0.5, 0.6) is 0 Å². The highest BCUT2D eigenvalue weighted by Crippen LogP contribution is 2.35. The van der Waals surface area contributed by atoms with E-state index in [0.717, 1.165) is 84.5 Å². The maximum Gasteiger partial charge on any atom is 0.0900 e. The highest BCUT2D eigenvalue weighted by atomic mass is 16.5. The lowest BCUT2D eigenvalue weighted by Crippen LogP contribution is -2.51. The summed E-state index contributed by atoms with van der Waals surface area (Å²) in [6.45, 7) is 26.7. The van der Waals surface area contributed by atoms with Crippen LogP contribution in [0.2, 0.25) is 0 Å². The Morgan fingerprint density at radius 3 is 1.97 bits per heavy atom. The van der Waals surface area contributed by atoms with E-state index in [1.165, 1.54) is 12.8 Å². The molecule has 33 heavy (non-hydrogen) atoms. The van der Waals surface area contributed by atoms with Crippen LogP contribution in [0.4, 0.5) is 0 Å². The molecule has 0 bridgehead atoms. The Labute approximate surface area is 206 Å². The van der Waals surface area contributed by atoms with E-state index in [4.69, 9.17) is 9.47 Å². The van der Waals surface area contributed by atoms with Crippen LogP contribution in [-0.2, 0) is 9.47 Å². The lowest BCUT2D eigenvalue weighted by Gasteiger charge is -2.39. The molecule has 2 saturated heterocycles. The number of ether oxygens (including phenoxy) is 2. The largest absolute Gasteiger partial charge is 0.389 e. The Bertz CT molecular complexity index is 452. The average Bonchev–Trinajstić information content (AvgIpc) is 2.85. The van der Waals surface area contributed by atoms with E-state index >= 15 is 0 Å². The third kappa shape index (κ3) is 11.8. The van der Waals surface area contributed by atoms with Gasteiger partial charge >= 0.3 is 0 Å². The van der Waals surface area contributed by atoms with Crippen LogP contribution in [0.25, 0.3) is 0 Å². The van der Waals surface area contributed by atoms with Crippen molar-refractivity contribution in [1.29, 1.82) is 0 Å². The number of morpholine rings is 1. The van der Waals surface area contributed by atoms with Gasteiger partial charge in [0.1, 0.15) is 0 Å².